The molecule has 0 amide bonds. The van der Waals surface area contributed by atoms with Crippen molar-refractivity contribution in [3.63, 3.8) is 0 Å². The maximum Gasteiger partial charge on any atom is 0.123 e. The molecule has 0 unspecified atom stereocenters. The van der Waals surface area contributed by atoms with E-state index in [0.717, 1.165) is 31.2 Å². The lowest BCUT2D eigenvalue weighted by molar-refractivity contribution is 0.282. The molecule has 0 fully saturated rings. The maximum absolute atomic E-state index is 9.63. The first-order chi connectivity index (χ1) is 9.40. The highest BCUT2D eigenvalue weighted by Crippen LogP contribution is 2.37. The minimum Gasteiger partial charge on any atom is -0.507 e. The molecule has 0 spiro atoms. The van der Waals surface area contributed by atoms with E-state index in [2.05, 4.69) is 31.9 Å². The molecule has 2 aromatic rings. The molecule has 2 nitrogen and oxygen atoms in total. The predicted octanol–water partition coefficient (Wildman–Crippen LogP) is 5.02. The number of phenols is 1. The Balaban J connectivity index is 0.000000217. The lowest BCUT2D eigenvalue weighted by Gasteiger charge is -2.11. The molecule has 0 saturated carbocycles. The van der Waals surface area contributed by atoms with Crippen molar-refractivity contribution in [3.05, 3.63) is 61.5 Å². The normalized spacial score (nSPS) is 9.90. The highest BCUT2D eigenvalue weighted by atomic mass is 79.9. The Morgan fingerprint density at radius 2 is 1.30 bits per heavy atom. The smallest absolute Gasteiger partial charge is 0.123 e. The lowest BCUT2D eigenvalue weighted by atomic mass is 10.1. The molecule has 2 N–H and O–H groups in total. The first-order valence-corrected chi connectivity index (χ1v) is 7.77. The van der Waals surface area contributed by atoms with E-state index in [1.807, 2.05) is 51.1 Å². The van der Waals surface area contributed by atoms with Gasteiger partial charge in [0.1, 0.15) is 5.75 Å². The number of rotatable bonds is 1. The highest BCUT2D eigenvalue weighted by Gasteiger charge is 2.12. The molecule has 20 heavy (non-hydrogen) atoms. The van der Waals surface area contributed by atoms with Crippen molar-refractivity contribution in [1.29, 1.82) is 0 Å². The molecule has 0 aliphatic heterocycles. The SMILES string of the molecule is Cc1c(O)c(C)c(Br)c(C)c1Br.OCc1ccccc1. The average Bonchev–Trinajstić information content (AvgIpc) is 2.50. The van der Waals surface area contributed by atoms with E-state index in [4.69, 9.17) is 5.11 Å². The Labute approximate surface area is 136 Å². The van der Waals surface area contributed by atoms with Crippen molar-refractivity contribution in [3.8, 4) is 5.75 Å². The molecule has 4 heteroatoms. The number of phenolic OH excluding ortho intramolecular Hbond substituents is 1. The summed E-state index contributed by atoms with van der Waals surface area (Å²) in [5.41, 5.74) is 3.89. The number of aromatic hydroxyl groups is 1. The number of halogens is 2. The first-order valence-electron chi connectivity index (χ1n) is 6.18. The van der Waals surface area contributed by atoms with E-state index in [1.165, 1.54) is 0 Å². The van der Waals surface area contributed by atoms with Gasteiger partial charge in [0.15, 0.2) is 0 Å². The van der Waals surface area contributed by atoms with Crippen LogP contribution in [0, 0.1) is 20.8 Å². The van der Waals surface area contributed by atoms with Crippen molar-refractivity contribution < 1.29 is 10.2 Å². The summed E-state index contributed by atoms with van der Waals surface area (Å²) >= 11 is 6.85. The van der Waals surface area contributed by atoms with Gasteiger partial charge < -0.3 is 10.2 Å². The number of aliphatic hydroxyl groups excluding tert-OH is 1. The highest BCUT2D eigenvalue weighted by molar-refractivity contribution is 9.11. The number of hydrogen-bond donors (Lipinski definition) is 2. The first kappa shape index (κ1) is 17.2. The average molecular weight is 402 g/mol. The molecule has 0 heterocycles. The Morgan fingerprint density at radius 1 is 0.850 bits per heavy atom. The second-order valence-corrected chi connectivity index (χ2v) is 6.08. The van der Waals surface area contributed by atoms with E-state index in [-0.39, 0.29) is 6.61 Å². The van der Waals surface area contributed by atoms with Crippen molar-refractivity contribution >= 4 is 31.9 Å². The molecular weight excluding hydrogens is 384 g/mol. The zero-order chi connectivity index (χ0) is 15.3. The molecule has 108 valence electrons. The topological polar surface area (TPSA) is 40.5 Å². The summed E-state index contributed by atoms with van der Waals surface area (Å²) in [6, 6.07) is 9.52. The summed E-state index contributed by atoms with van der Waals surface area (Å²) in [5, 5.41) is 18.2. The van der Waals surface area contributed by atoms with Crippen LogP contribution in [0.1, 0.15) is 22.3 Å². The van der Waals surface area contributed by atoms with E-state index < -0.39 is 0 Å². The molecule has 0 atom stereocenters. The Kier molecular flexibility index (Phi) is 6.72. The molecule has 0 bridgehead atoms. The van der Waals surface area contributed by atoms with Crippen LogP contribution < -0.4 is 0 Å². The minimum absolute atomic E-state index is 0.140. The molecule has 0 saturated heterocycles. The fourth-order valence-electron chi connectivity index (χ4n) is 1.73. The van der Waals surface area contributed by atoms with E-state index in [0.29, 0.717) is 5.75 Å². The fraction of sp³-hybridized carbons (Fsp3) is 0.250. The van der Waals surface area contributed by atoms with Crippen molar-refractivity contribution in [2.24, 2.45) is 0 Å². The summed E-state index contributed by atoms with van der Waals surface area (Å²) in [6.45, 7) is 5.94. The Bertz CT molecular complexity index is 476. The van der Waals surface area contributed by atoms with Gasteiger partial charge in [-0.2, -0.15) is 0 Å². The summed E-state index contributed by atoms with van der Waals surface area (Å²) in [5.74, 6) is 0.361. The van der Waals surface area contributed by atoms with Gasteiger partial charge in [0, 0.05) is 20.1 Å². The van der Waals surface area contributed by atoms with Gasteiger partial charge in [-0.05, 0) is 31.9 Å². The zero-order valence-corrected chi connectivity index (χ0v) is 14.9. The second kappa shape index (κ2) is 7.81. The van der Waals surface area contributed by atoms with Crippen LogP contribution >= 0.6 is 31.9 Å². The third-order valence-corrected chi connectivity index (χ3v) is 5.43. The standard InChI is InChI=1S/C9H10Br2O.C7H8O/c1-4-7(10)5(2)9(12)6(3)8(4)11;8-6-7-4-2-1-3-5-7/h12H,1-3H3;1-5,8H,6H2. The van der Waals surface area contributed by atoms with Crippen LogP contribution in [0.15, 0.2) is 39.3 Å². The van der Waals surface area contributed by atoms with Gasteiger partial charge in [-0.15, -0.1) is 0 Å². The van der Waals surface area contributed by atoms with Crippen LogP contribution in [0.2, 0.25) is 0 Å². The van der Waals surface area contributed by atoms with Crippen LogP contribution in [0.4, 0.5) is 0 Å². The molecular formula is C16H18Br2O2. The van der Waals surface area contributed by atoms with Crippen molar-refractivity contribution in [2.75, 3.05) is 0 Å². The lowest BCUT2D eigenvalue weighted by Crippen LogP contribution is -1.89. The van der Waals surface area contributed by atoms with Crippen LogP contribution in [0.25, 0.3) is 0 Å². The van der Waals surface area contributed by atoms with Gasteiger partial charge >= 0.3 is 0 Å². The van der Waals surface area contributed by atoms with Gasteiger partial charge in [-0.25, -0.2) is 0 Å². The molecule has 0 aliphatic rings. The fourth-order valence-corrected chi connectivity index (χ4v) is 2.77. The second-order valence-electron chi connectivity index (χ2n) is 4.50. The van der Waals surface area contributed by atoms with Gasteiger partial charge in [-0.1, -0.05) is 62.2 Å². The van der Waals surface area contributed by atoms with Crippen LogP contribution in [-0.4, -0.2) is 10.2 Å². The molecule has 0 aliphatic carbocycles. The van der Waals surface area contributed by atoms with Gasteiger partial charge in [0.05, 0.1) is 6.61 Å². The number of hydrogen-bond acceptors (Lipinski definition) is 2. The van der Waals surface area contributed by atoms with Gasteiger partial charge in [-0.3, -0.25) is 0 Å². The summed E-state index contributed by atoms with van der Waals surface area (Å²) in [7, 11) is 0. The van der Waals surface area contributed by atoms with Crippen LogP contribution in [0.5, 0.6) is 5.75 Å². The Hall–Kier alpha value is -0.840. The van der Waals surface area contributed by atoms with Crippen LogP contribution in [-0.2, 0) is 6.61 Å². The van der Waals surface area contributed by atoms with Gasteiger partial charge in [0.2, 0.25) is 0 Å². The molecule has 2 rings (SSSR count). The van der Waals surface area contributed by atoms with E-state index in [1.54, 1.807) is 0 Å². The maximum atomic E-state index is 9.63. The monoisotopic (exact) mass is 400 g/mol. The molecule has 0 aromatic heterocycles. The molecule has 2 aromatic carbocycles. The summed E-state index contributed by atoms with van der Waals surface area (Å²) in [4.78, 5) is 0. The number of benzene rings is 2. The summed E-state index contributed by atoms with van der Waals surface area (Å²) < 4.78 is 1.94. The number of aliphatic hydroxyl groups is 1. The Morgan fingerprint density at radius 3 is 1.65 bits per heavy atom. The van der Waals surface area contributed by atoms with Gasteiger partial charge in [0.25, 0.3) is 0 Å². The largest absolute Gasteiger partial charge is 0.507 e. The van der Waals surface area contributed by atoms with E-state index in [9.17, 15) is 5.11 Å². The molecule has 0 radical (unpaired) electrons. The zero-order valence-electron chi connectivity index (χ0n) is 11.7. The van der Waals surface area contributed by atoms with Crippen molar-refractivity contribution in [2.45, 2.75) is 27.4 Å². The summed E-state index contributed by atoms with van der Waals surface area (Å²) in [6.07, 6.45) is 0. The third kappa shape index (κ3) is 4.08. The minimum atomic E-state index is 0.140. The van der Waals surface area contributed by atoms with Crippen molar-refractivity contribution in [1.82, 2.24) is 0 Å². The quantitative estimate of drug-likeness (QED) is 0.704. The van der Waals surface area contributed by atoms with E-state index >= 15 is 0 Å². The predicted molar refractivity (Wildman–Crippen MR) is 90.1 cm³/mol. The third-order valence-electron chi connectivity index (χ3n) is 3.05. The van der Waals surface area contributed by atoms with Crippen LogP contribution in [0.3, 0.4) is 0 Å².